The largest absolute Gasteiger partial charge is 0.307 e. The summed E-state index contributed by atoms with van der Waals surface area (Å²) in [5.74, 6) is 0.423. The number of allylic oxidation sites excluding steroid dienone is 3. The second-order valence-corrected chi connectivity index (χ2v) is 1.84. The van der Waals surface area contributed by atoms with Gasteiger partial charge in [-0.1, -0.05) is 6.08 Å². The SMILES string of the molecule is C/C=C(\C=C/CC#N)OOOOC. The van der Waals surface area contributed by atoms with E-state index in [1.807, 2.05) is 6.07 Å². The van der Waals surface area contributed by atoms with Crippen molar-refractivity contribution in [1.82, 2.24) is 0 Å². The second-order valence-electron chi connectivity index (χ2n) is 1.84. The van der Waals surface area contributed by atoms with E-state index in [0.29, 0.717) is 12.2 Å². The van der Waals surface area contributed by atoms with Crippen molar-refractivity contribution in [2.75, 3.05) is 7.11 Å². The van der Waals surface area contributed by atoms with E-state index in [1.54, 1.807) is 25.2 Å². The molecule has 5 heteroatoms. The molecule has 0 N–H and O–H groups in total. The van der Waals surface area contributed by atoms with Crippen molar-refractivity contribution < 1.29 is 19.9 Å². The Morgan fingerprint density at radius 2 is 2.23 bits per heavy atom. The van der Waals surface area contributed by atoms with Gasteiger partial charge in [0.15, 0.2) is 5.76 Å². The van der Waals surface area contributed by atoms with Gasteiger partial charge in [0.2, 0.25) is 0 Å². The third-order valence-electron chi connectivity index (χ3n) is 1.00. The Labute approximate surface area is 76.5 Å². The van der Waals surface area contributed by atoms with Gasteiger partial charge in [-0.15, -0.1) is 0 Å². The molecule has 0 fully saturated rings. The molecule has 0 atom stereocenters. The Morgan fingerprint density at radius 1 is 1.46 bits per heavy atom. The normalized spacial score (nSPS) is 11.6. The van der Waals surface area contributed by atoms with E-state index in [9.17, 15) is 0 Å². The first-order valence-electron chi connectivity index (χ1n) is 3.59. The van der Waals surface area contributed by atoms with Gasteiger partial charge in [-0.2, -0.15) is 5.26 Å². The molecule has 0 aliphatic carbocycles. The van der Waals surface area contributed by atoms with Gasteiger partial charge >= 0.3 is 0 Å². The number of hydrogen-bond donors (Lipinski definition) is 0. The molecule has 0 unspecified atom stereocenters. The molecule has 0 saturated heterocycles. The Balaban J connectivity index is 3.72. The average Bonchev–Trinajstić information content (AvgIpc) is 2.16. The maximum absolute atomic E-state index is 8.23. The number of nitrogens with zero attached hydrogens (tertiary/aromatic N) is 1. The Kier molecular flexibility index (Phi) is 7.84. The van der Waals surface area contributed by atoms with Crippen molar-refractivity contribution >= 4 is 0 Å². The van der Waals surface area contributed by atoms with Crippen LogP contribution in [0.4, 0.5) is 0 Å². The highest BCUT2D eigenvalue weighted by molar-refractivity contribution is 5.11. The summed E-state index contributed by atoms with van der Waals surface area (Å²) in [6.07, 6.45) is 5.17. The van der Waals surface area contributed by atoms with Crippen molar-refractivity contribution in [3.63, 3.8) is 0 Å². The zero-order chi connectivity index (χ0) is 9.94. The van der Waals surface area contributed by atoms with Crippen LogP contribution >= 0.6 is 0 Å². The molecule has 0 amide bonds. The number of rotatable bonds is 6. The lowest BCUT2D eigenvalue weighted by Gasteiger charge is -2.00. The van der Waals surface area contributed by atoms with Gasteiger partial charge in [0.1, 0.15) is 0 Å². The minimum atomic E-state index is 0.311. The van der Waals surface area contributed by atoms with E-state index in [4.69, 9.17) is 5.26 Å². The van der Waals surface area contributed by atoms with Crippen LogP contribution in [0.3, 0.4) is 0 Å². The Hall–Kier alpha value is -1.35. The maximum Gasteiger partial charge on any atom is 0.164 e. The van der Waals surface area contributed by atoms with Gasteiger partial charge in [0.05, 0.1) is 19.6 Å². The molecule has 5 nitrogen and oxygen atoms in total. The summed E-state index contributed by atoms with van der Waals surface area (Å²) in [7, 11) is 1.28. The molecule has 0 aromatic heterocycles. The van der Waals surface area contributed by atoms with E-state index in [1.165, 1.54) is 7.11 Å². The predicted octanol–water partition coefficient (Wildman–Crippen LogP) is 1.80. The van der Waals surface area contributed by atoms with Gasteiger partial charge in [0.25, 0.3) is 0 Å². The summed E-state index contributed by atoms with van der Waals surface area (Å²) in [6, 6.07) is 1.95. The highest BCUT2D eigenvalue weighted by Crippen LogP contribution is 2.01. The fourth-order valence-electron chi connectivity index (χ4n) is 0.481. The van der Waals surface area contributed by atoms with Crippen molar-refractivity contribution in [2.45, 2.75) is 13.3 Å². The highest BCUT2D eigenvalue weighted by atomic mass is 17.7. The summed E-state index contributed by atoms with van der Waals surface area (Å²) in [5.41, 5.74) is 0. The third-order valence-corrected chi connectivity index (χ3v) is 1.00. The van der Waals surface area contributed by atoms with E-state index in [2.05, 4.69) is 19.9 Å². The summed E-state index contributed by atoms with van der Waals surface area (Å²) in [5, 5.41) is 16.4. The molecule has 0 aliphatic rings. The lowest BCUT2D eigenvalue weighted by atomic mass is 10.3. The van der Waals surface area contributed by atoms with Crippen LogP contribution in [0.25, 0.3) is 0 Å². The van der Waals surface area contributed by atoms with Crippen LogP contribution in [-0.2, 0) is 19.9 Å². The van der Waals surface area contributed by atoms with E-state index >= 15 is 0 Å². The predicted molar refractivity (Wildman–Crippen MR) is 43.4 cm³/mol. The lowest BCUT2D eigenvalue weighted by molar-refractivity contribution is -0.618. The monoisotopic (exact) mass is 185 g/mol. The number of nitriles is 1. The first-order chi connectivity index (χ1) is 6.35. The fraction of sp³-hybridized carbons (Fsp3) is 0.375. The van der Waals surface area contributed by atoms with E-state index in [0.717, 1.165) is 0 Å². The Morgan fingerprint density at radius 3 is 2.77 bits per heavy atom. The van der Waals surface area contributed by atoms with E-state index in [-0.39, 0.29) is 0 Å². The molecule has 72 valence electrons. The van der Waals surface area contributed by atoms with Crippen LogP contribution in [0.5, 0.6) is 0 Å². The van der Waals surface area contributed by atoms with Crippen molar-refractivity contribution in [2.24, 2.45) is 0 Å². The molecule has 0 aromatic carbocycles. The molecule has 0 heterocycles. The molecule has 0 aromatic rings. The van der Waals surface area contributed by atoms with Crippen LogP contribution in [-0.4, -0.2) is 7.11 Å². The molecule has 0 aliphatic heterocycles. The standard InChI is InChI=1S/C8H11NO4/c1-3-8(6-4-5-7-9)11-13-12-10-2/h3-4,6H,5H2,1-2H3/b6-4-,8-3+. The maximum atomic E-state index is 8.23. The molecule has 0 bridgehead atoms. The summed E-state index contributed by atoms with van der Waals surface area (Å²) in [4.78, 5) is 8.71. The summed E-state index contributed by atoms with van der Waals surface area (Å²) >= 11 is 0. The molecule has 0 saturated carbocycles. The molecule has 13 heavy (non-hydrogen) atoms. The molecule has 0 spiro atoms. The quantitative estimate of drug-likeness (QED) is 0.207. The van der Waals surface area contributed by atoms with E-state index < -0.39 is 0 Å². The van der Waals surface area contributed by atoms with Crippen molar-refractivity contribution in [3.8, 4) is 6.07 Å². The Bertz CT molecular complexity index is 217. The minimum Gasteiger partial charge on any atom is -0.307 e. The fourth-order valence-corrected chi connectivity index (χ4v) is 0.481. The van der Waals surface area contributed by atoms with Gasteiger partial charge in [-0.25, -0.2) is 4.89 Å². The van der Waals surface area contributed by atoms with Crippen LogP contribution in [0.2, 0.25) is 0 Å². The summed E-state index contributed by atoms with van der Waals surface area (Å²) in [6.45, 7) is 1.75. The van der Waals surface area contributed by atoms with Gasteiger partial charge in [0, 0.05) is 5.04 Å². The first kappa shape index (κ1) is 11.6. The van der Waals surface area contributed by atoms with Crippen LogP contribution in [0, 0.1) is 11.3 Å². The third kappa shape index (κ3) is 7.03. The van der Waals surface area contributed by atoms with Crippen molar-refractivity contribution in [3.05, 3.63) is 24.0 Å². The first-order valence-corrected chi connectivity index (χ1v) is 3.59. The van der Waals surface area contributed by atoms with Crippen LogP contribution in [0.15, 0.2) is 24.0 Å². The van der Waals surface area contributed by atoms with Crippen molar-refractivity contribution in [1.29, 1.82) is 5.26 Å². The highest BCUT2D eigenvalue weighted by Gasteiger charge is 1.92. The van der Waals surface area contributed by atoms with Gasteiger partial charge in [-0.3, -0.25) is 0 Å². The average molecular weight is 185 g/mol. The minimum absolute atomic E-state index is 0.311. The van der Waals surface area contributed by atoms with Gasteiger partial charge < -0.3 is 4.89 Å². The molecular formula is C8H11NO4. The zero-order valence-corrected chi connectivity index (χ0v) is 7.52. The van der Waals surface area contributed by atoms with Crippen LogP contribution < -0.4 is 0 Å². The zero-order valence-electron chi connectivity index (χ0n) is 7.52. The molecule has 0 rings (SSSR count). The lowest BCUT2D eigenvalue weighted by Crippen LogP contribution is -1.94. The second kappa shape index (κ2) is 8.74. The molecular weight excluding hydrogens is 174 g/mol. The van der Waals surface area contributed by atoms with Gasteiger partial charge in [-0.05, 0) is 24.1 Å². The number of hydrogen-bond acceptors (Lipinski definition) is 5. The topological polar surface area (TPSA) is 60.7 Å². The van der Waals surface area contributed by atoms with Crippen LogP contribution in [0.1, 0.15) is 13.3 Å². The summed E-state index contributed by atoms with van der Waals surface area (Å²) < 4.78 is 0. The smallest absolute Gasteiger partial charge is 0.164 e. The molecule has 0 radical (unpaired) electrons.